The molecule has 0 radical (unpaired) electrons. The largest absolute Gasteiger partial charge is 0.289 e. The molecule has 2 rings (SSSR count). The summed E-state index contributed by atoms with van der Waals surface area (Å²) in [7, 11) is 0. The van der Waals surface area contributed by atoms with Crippen LogP contribution in [0.15, 0.2) is 36.4 Å². The van der Waals surface area contributed by atoms with Gasteiger partial charge in [0.25, 0.3) is 0 Å². The van der Waals surface area contributed by atoms with Gasteiger partial charge in [0.2, 0.25) is 0 Å². The van der Waals surface area contributed by atoms with Crippen molar-refractivity contribution < 1.29 is 4.79 Å². The molecule has 0 aliphatic heterocycles. The number of hydrogen-bond donors (Lipinski definition) is 0. The van der Waals surface area contributed by atoms with E-state index in [2.05, 4.69) is 39.8 Å². The summed E-state index contributed by atoms with van der Waals surface area (Å²) in [6.45, 7) is 8.41. The minimum absolute atomic E-state index is 0.113. The molecule has 0 N–H and O–H groups in total. The summed E-state index contributed by atoms with van der Waals surface area (Å²) >= 11 is 0. The van der Waals surface area contributed by atoms with Crippen molar-refractivity contribution in [1.82, 2.24) is 0 Å². The van der Waals surface area contributed by atoms with Crippen molar-refractivity contribution in [3.8, 4) is 0 Å². The van der Waals surface area contributed by atoms with Gasteiger partial charge in [-0.2, -0.15) is 0 Å². The van der Waals surface area contributed by atoms with Crippen molar-refractivity contribution in [2.24, 2.45) is 0 Å². The molecule has 0 aliphatic rings. The van der Waals surface area contributed by atoms with Gasteiger partial charge in [-0.25, -0.2) is 0 Å². The van der Waals surface area contributed by atoms with E-state index in [1.165, 1.54) is 22.3 Å². The van der Waals surface area contributed by atoms with Gasteiger partial charge >= 0.3 is 0 Å². The first-order chi connectivity index (χ1) is 9.56. The lowest BCUT2D eigenvalue weighted by Crippen LogP contribution is -2.03. The molecular formula is C19H22O. The molecule has 0 saturated carbocycles. The molecule has 0 aromatic heterocycles. The van der Waals surface area contributed by atoms with Crippen LogP contribution in [0.1, 0.15) is 52.0 Å². The summed E-state index contributed by atoms with van der Waals surface area (Å²) in [6, 6.07) is 12.0. The van der Waals surface area contributed by atoms with E-state index in [-0.39, 0.29) is 5.78 Å². The van der Waals surface area contributed by atoms with E-state index in [9.17, 15) is 4.79 Å². The molecule has 0 unspecified atom stereocenters. The number of aryl methyl sites for hydroxylation is 4. The van der Waals surface area contributed by atoms with Gasteiger partial charge in [-0.3, -0.25) is 4.79 Å². The zero-order valence-corrected chi connectivity index (χ0v) is 12.8. The fourth-order valence-electron chi connectivity index (χ4n) is 2.63. The Labute approximate surface area is 121 Å². The average molecular weight is 266 g/mol. The highest BCUT2D eigenvalue weighted by molar-refractivity contribution is 6.09. The predicted octanol–water partition coefficient (Wildman–Crippen LogP) is 4.66. The molecule has 0 atom stereocenters. The zero-order valence-electron chi connectivity index (χ0n) is 12.8. The standard InChI is InChI=1S/C19H22O/c1-5-15-7-9-17(11-13(15)3)19(20)18-10-8-16(6-2)14(4)12-18/h7-12H,5-6H2,1-4H3. The highest BCUT2D eigenvalue weighted by atomic mass is 16.1. The fraction of sp³-hybridized carbons (Fsp3) is 0.316. The lowest BCUT2D eigenvalue weighted by molar-refractivity contribution is 0.103. The van der Waals surface area contributed by atoms with Crippen LogP contribution in [0.3, 0.4) is 0 Å². The van der Waals surface area contributed by atoms with Gasteiger partial charge in [-0.15, -0.1) is 0 Å². The third kappa shape index (κ3) is 2.82. The Kier molecular flexibility index (Phi) is 4.39. The van der Waals surface area contributed by atoms with Crippen LogP contribution < -0.4 is 0 Å². The molecule has 2 aromatic rings. The first-order valence-electron chi connectivity index (χ1n) is 7.30. The second-order valence-corrected chi connectivity index (χ2v) is 5.32. The molecule has 20 heavy (non-hydrogen) atoms. The molecule has 0 saturated heterocycles. The first-order valence-corrected chi connectivity index (χ1v) is 7.30. The molecule has 1 heteroatoms. The van der Waals surface area contributed by atoms with Gasteiger partial charge in [0.15, 0.2) is 5.78 Å². The fourth-order valence-corrected chi connectivity index (χ4v) is 2.63. The van der Waals surface area contributed by atoms with Gasteiger partial charge in [0.05, 0.1) is 0 Å². The molecule has 104 valence electrons. The van der Waals surface area contributed by atoms with E-state index in [0.717, 1.165) is 24.0 Å². The van der Waals surface area contributed by atoms with Gasteiger partial charge < -0.3 is 0 Å². The number of carbonyl (C=O) groups is 1. The summed E-state index contributed by atoms with van der Waals surface area (Å²) in [5.74, 6) is 0.113. The van der Waals surface area contributed by atoms with E-state index in [1.54, 1.807) is 0 Å². The topological polar surface area (TPSA) is 17.1 Å². The van der Waals surface area contributed by atoms with Crippen LogP contribution >= 0.6 is 0 Å². The molecule has 2 aromatic carbocycles. The van der Waals surface area contributed by atoms with Gasteiger partial charge in [-0.05, 0) is 61.1 Å². The third-order valence-electron chi connectivity index (χ3n) is 3.97. The summed E-state index contributed by atoms with van der Waals surface area (Å²) in [5, 5.41) is 0. The molecule has 0 bridgehead atoms. The number of ketones is 1. The van der Waals surface area contributed by atoms with Crippen molar-refractivity contribution in [1.29, 1.82) is 0 Å². The van der Waals surface area contributed by atoms with E-state index in [0.29, 0.717) is 0 Å². The van der Waals surface area contributed by atoms with E-state index in [1.807, 2.05) is 24.3 Å². The maximum atomic E-state index is 12.5. The number of rotatable bonds is 4. The monoisotopic (exact) mass is 266 g/mol. The Balaban J connectivity index is 2.36. The maximum absolute atomic E-state index is 12.5. The van der Waals surface area contributed by atoms with Crippen LogP contribution in [0.2, 0.25) is 0 Å². The van der Waals surface area contributed by atoms with Crippen LogP contribution in [-0.4, -0.2) is 5.78 Å². The highest BCUT2D eigenvalue weighted by Gasteiger charge is 2.11. The second kappa shape index (κ2) is 6.04. The first kappa shape index (κ1) is 14.5. The highest BCUT2D eigenvalue weighted by Crippen LogP contribution is 2.18. The minimum atomic E-state index is 0.113. The molecule has 0 heterocycles. The number of hydrogen-bond acceptors (Lipinski definition) is 1. The normalized spacial score (nSPS) is 10.6. The molecule has 0 aliphatic carbocycles. The smallest absolute Gasteiger partial charge is 0.193 e. The van der Waals surface area contributed by atoms with E-state index >= 15 is 0 Å². The van der Waals surface area contributed by atoms with Gasteiger partial charge in [-0.1, -0.05) is 38.1 Å². The lowest BCUT2D eigenvalue weighted by atomic mass is 9.95. The third-order valence-corrected chi connectivity index (χ3v) is 3.97. The molecule has 0 fully saturated rings. The Morgan fingerprint density at radius 3 is 1.50 bits per heavy atom. The second-order valence-electron chi connectivity index (χ2n) is 5.32. The van der Waals surface area contributed by atoms with Gasteiger partial charge in [0.1, 0.15) is 0 Å². The van der Waals surface area contributed by atoms with Gasteiger partial charge in [0, 0.05) is 11.1 Å². The molecule has 0 amide bonds. The van der Waals surface area contributed by atoms with Crippen molar-refractivity contribution in [3.05, 3.63) is 69.8 Å². The summed E-state index contributed by atoms with van der Waals surface area (Å²) in [6.07, 6.45) is 2.01. The Morgan fingerprint density at radius 2 is 1.20 bits per heavy atom. The van der Waals surface area contributed by atoms with Crippen molar-refractivity contribution >= 4 is 5.78 Å². The van der Waals surface area contributed by atoms with Crippen LogP contribution in [0.25, 0.3) is 0 Å². The predicted molar refractivity (Wildman–Crippen MR) is 84.5 cm³/mol. The Bertz CT molecular complexity index is 583. The van der Waals surface area contributed by atoms with Crippen molar-refractivity contribution in [3.63, 3.8) is 0 Å². The summed E-state index contributed by atoms with van der Waals surface area (Å²) in [5.41, 5.74) is 6.56. The van der Waals surface area contributed by atoms with Crippen LogP contribution in [-0.2, 0) is 12.8 Å². The zero-order chi connectivity index (χ0) is 14.7. The van der Waals surface area contributed by atoms with E-state index < -0.39 is 0 Å². The summed E-state index contributed by atoms with van der Waals surface area (Å²) in [4.78, 5) is 12.5. The molecule has 1 nitrogen and oxygen atoms in total. The van der Waals surface area contributed by atoms with Crippen molar-refractivity contribution in [2.75, 3.05) is 0 Å². The lowest BCUT2D eigenvalue weighted by Gasteiger charge is -2.08. The molecule has 0 spiro atoms. The number of benzene rings is 2. The SMILES string of the molecule is CCc1ccc(C(=O)c2ccc(CC)c(C)c2)cc1C. The Morgan fingerprint density at radius 1 is 0.800 bits per heavy atom. The maximum Gasteiger partial charge on any atom is 0.193 e. The quantitative estimate of drug-likeness (QED) is 0.736. The molecular weight excluding hydrogens is 244 g/mol. The Hall–Kier alpha value is -1.89. The minimum Gasteiger partial charge on any atom is -0.289 e. The van der Waals surface area contributed by atoms with Crippen LogP contribution in [0.5, 0.6) is 0 Å². The van der Waals surface area contributed by atoms with Crippen molar-refractivity contribution in [2.45, 2.75) is 40.5 Å². The van der Waals surface area contributed by atoms with E-state index in [4.69, 9.17) is 0 Å². The number of carbonyl (C=O) groups excluding carboxylic acids is 1. The van der Waals surface area contributed by atoms with Crippen LogP contribution in [0, 0.1) is 13.8 Å². The summed E-state index contributed by atoms with van der Waals surface area (Å²) < 4.78 is 0. The average Bonchev–Trinajstić information content (AvgIpc) is 2.46. The van der Waals surface area contributed by atoms with Crippen LogP contribution in [0.4, 0.5) is 0 Å².